The van der Waals surface area contributed by atoms with E-state index in [1.165, 1.54) is 0 Å². The van der Waals surface area contributed by atoms with E-state index in [1.807, 2.05) is 11.0 Å². The minimum Gasteiger partial charge on any atom is -0.340 e. The van der Waals surface area contributed by atoms with Crippen molar-refractivity contribution in [1.29, 1.82) is 0 Å². The highest BCUT2D eigenvalue weighted by atomic mass is 16.2. The van der Waals surface area contributed by atoms with Crippen molar-refractivity contribution in [1.82, 2.24) is 14.8 Å². The van der Waals surface area contributed by atoms with E-state index in [0.717, 1.165) is 51.1 Å². The molecule has 0 unspecified atom stereocenters. The number of pyridine rings is 1. The number of hydrogen-bond donors (Lipinski definition) is 1. The monoisotopic (exact) mass is 261 g/mol. The molecule has 19 heavy (non-hydrogen) atoms. The molecule has 0 radical (unpaired) electrons. The molecule has 1 aromatic rings. The van der Waals surface area contributed by atoms with E-state index in [9.17, 15) is 9.59 Å². The molecule has 1 aromatic heterocycles. The molecule has 3 rings (SSSR count). The van der Waals surface area contributed by atoms with E-state index >= 15 is 0 Å². The van der Waals surface area contributed by atoms with Crippen LogP contribution in [0.15, 0.2) is 23.1 Å². The first-order valence-electron chi connectivity index (χ1n) is 6.91. The van der Waals surface area contributed by atoms with Crippen molar-refractivity contribution in [2.24, 2.45) is 5.92 Å². The average molecular weight is 261 g/mol. The first kappa shape index (κ1) is 12.4. The smallest absolute Gasteiger partial charge is 0.247 e. The van der Waals surface area contributed by atoms with Crippen LogP contribution >= 0.6 is 0 Å². The summed E-state index contributed by atoms with van der Waals surface area (Å²) in [6, 6.07) is 3.42. The number of carbonyl (C=O) groups is 1. The Morgan fingerprint density at radius 1 is 1.21 bits per heavy atom. The van der Waals surface area contributed by atoms with Gasteiger partial charge in [0.1, 0.15) is 0 Å². The summed E-state index contributed by atoms with van der Waals surface area (Å²) in [4.78, 5) is 29.9. The van der Waals surface area contributed by atoms with Crippen LogP contribution in [0.25, 0.3) is 0 Å². The first-order valence-corrected chi connectivity index (χ1v) is 6.91. The van der Waals surface area contributed by atoms with Gasteiger partial charge < -0.3 is 9.88 Å². The Labute approximate surface area is 112 Å². The van der Waals surface area contributed by atoms with Crippen LogP contribution in [-0.4, -0.2) is 46.9 Å². The summed E-state index contributed by atoms with van der Waals surface area (Å²) in [6.45, 7) is 4.33. The number of H-pyrrole nitrogens is 1. The zero-order valence-corrected chi connectivity index (χ0v) is 11.0. The maximum Gasteiger partial charge on any atom is 0.247 e. The molecular weight excluding hydrogens is 242 g/mol. The number of rotatable bonds is 3. The van der Waals surface area contributed by atoms with Gasteiger partial charge in [-0.1, -0.05) is 6.07 Å². The van der Waals surface area contributed by atoms with Crippen LogP contribution < -0.4 is 5.56 Å². The van der Waals surface area contributed by atoms with Crippen molar-refractivity contribution in [2.45, 2.75) is 19.4 Å². The van der Waals surface area contributed by atoms with Crippen LogP contribution in [0, 0.1) is 5.92 Å². The van der Waals surface area contributed by atoms with Crippen molar-refractivity contribution < 1.29 is 4.79 Å². The highest BCUT2D eigenvalue weighted by Crippen LogP contribution is 2.31. The Morgan fingerprint density at radius 3 is 2.53 bits per heavy atom. The fourth-order valence-corrected chi connectivity index (χ4v) is 2.51. The van der Waals surface area contributed by atoms with Crippen molar-refractivity contribution in [3.8, 4) is 0 Å². The molecule has 2 fully saturated rings. The first-order chi connectivity index (χ1) is 9.22. The predicted octanol–water partition coefficient (Wildman–Crippen LogP) is 0.429. The van der Waals surface area contributed by atoms with E-state index in [1.54, 1.807) is 12.3 Å². The van der Waals surface area contributed by atoms with Crippen LogP contribution in [0.5, 0.6) is 0 Å². The second kappa shape index (κ2) is 5.17. The Bertz CT molecular complexity index is 493. The number of aromatic amines is 1. The maximum atomic E-state index is 11.9. The number of carbonyl (C=O) groups excluding carboxylic acids is 1. The Hall–Kier alpha value is -1.62. The van der Waals surface area contributed by atoms with E-state index in [0.29, 0.717) is 11.8 Å². The van der Waals surface area contributed by atoms with Crippen LogP contribution in [0.2, 0.25) is 0 Å². The lowest BCUT2D eigenvalue weighted by atomic mass is 10.2. The quantitative estimate of drug-likeness (QED) is 0.858. The van der Waals surface area contributed by atoms with Gasteiger partial charge in [-0.2, -0.15) is 0 Å². The summed E-state index contributed by atoms with van der Waals surface area (Å²) < 4.78 is 0. The summed E-state index contributed by atoms with van der Waals surface area (Å²) in [5, 5.41) is 0. The second-order valence-corrected chi connectivity index (χ2v) is 5.44. The second-order valence-electron chi connectivity index (χ2n) is 5.44. The molecule has 2 heterocycles. The van der Waals surface area contributed by atoms with E-state index < -0.39 is 0 Å². The molecule has 1 saturated heterocycles. The standard InChI is InChI=1S/C14H19N3O2/c18-13-4-1-11(9-15-13)10-16-5-7-17(8-6-16)14(19)12-2-3-12/h1,4,9,12H,2-3,5-8,10H2,(H,15,18). The van der Waals surface area contributed by atoms with E-state index in [2.05, 4.69) is 9.88 Å². The summed E-state index contributed by atoms with van der Waals surface area (Å²) in [7, 11) is 0. The number of nitrogens with one attached hydrogen (secondary N) is 1. The van der Waals surface area contributed by atoms with Crippen molar-refractivity contribution in [3.05, 3.63) is 34.2 Å². The minimum absolute atomic E-state index is 0.0661. The molecular formula is C14H19N3O2. The van der Waals surface area contributed by atoms with Crippen LogP contribution in [-0.2, 0) is 11.3 Å². The molecule has 1 aliphatic heterocycles. The third-order valence-corrected chi connectivity index (χ3v) is 3.87. The molecule has 5 heteroatoms. The summed E-state index contributed by atoms with van der Waals surface area (Å²) in [5.41, 5.74) is 1.05. The molecule has 102 valence electrons. The van der Waals surface area contributed by atoms with Gasteiger partial charge >= 0.3 is 0 Å². The molecule has 0 bridgehead atoms. The van der Waals surface area contributed by atoms with Crippen LogP contribution in [0.1, 0.15) is 18.4 Å². The SMILES string of the molecule is O=C(C1CC1)N1CCN(Cc2ccc(=O)[nH]c2)CC1. The fourth-order valence-electron chi connectivity index (χ4n) is 2.51. The van der Waals surface area contributed by atoms with Crippen molar-refractivity contribution >= 4 is 5.91 Å². The molecule has 1 amide bonds. The van der Waals surface area contributed by atoms with Gasteiger partial charge in [0.15, 0.2) is 0 Å². The molecule has 1 aliphatic carbocycles. The molecule has 1 N–H and O–H groups in total. The third kappa shape index (κ3) is 3.04. The zero-order chi connectivity index (χ0) is 13.2. The van der Waals surface area contributed by atoms with Gasteiger partial charge in [0.25, 0.3) is 0 Å². The molecule has 2 aliphatic rings. The molecule has 0 atom stereocenters. The average Bonchev–Trinajstić information content (AvgIpc) is 3.26. The lowest BCUT2D eigenvalue weighted by molar-refractivity contribution is -0.134. The van der Waals surface area contributed by atoms with Crippen LogP contribution in [0.3, 0.4) is 0 Å². The van der Waals surface area contributed by atoms with E-state index in [4.69, 9.17) is 0 Å². The number of hydrogen-bond acceptors (Lipinski definition) is 3. The highest BCUT2D eigenvalue weighted by Gasteiger charge is 2.34. The van der Waals surface area contributed by atoms with Gasteiger partial charge in [-0.3, -0.25) is 14.5 Å². The Morgan fingerprint density at radius 2 is 1.95 bits per heavy atom. The van der Waals surface area contributed by atoms with Crippen molar-refractivity contribution in [2.75, 3.05) is 26.2 Å². The van der Waals surface area contributed by atoms with Gasteiger partial charge in [-0.05, 0) is 18.4 Å². The fraction of sp³-hybridized carbons (Fsp3) is 0.571. The topological polar surface area (TPSA) is 56.4 Å². The van der Waals surface area contributed by atoms with Crippen molar-refractivity contribution in [3.63, 3.8) is 0 Å². The van der Waals surface area contributed by atoms with E-state index in [-0.39, 0.29) is 5.56 Å². The lowest BCUT2D eigenvalue weighted by Gasteiger charge is -2.34. The predicted molar refractivity (Wildman–Crippen MR) is 71.6 cm³/mol. The van der Waals surface area contributed by atoms with Gasteiger partial charge in [0.05, 0.1) is 0 Å². The largest absolute Gasteiger partial charge is 0.340 e. The number of amides is 1. The molecule has 5 nitrogen and oxygen atoms in total. The molecule has 1 saturated carbocycles. The third-order valence-electron chi connectivity index (χ3n) is 3.87. The van der Waals surface area contributed by atoms with Gasteiger partial charge in [-0.25, -0.2) is 0 Å². The number of nitrogens with zero attached hydrogens (tertiary/aromatic N) is 2. The Balaban J connectivity index is 1.51. The highest BCUT2D eigenvalue weighted by molar-refractivity contribution is 5.81. The number of aromatic nitrogens is 1. The summed E-state index contributed by atoms with van der Waals surface area (Å²) in [6.07, 6.45) is 3.93. The van der Waals surface area contributed by atoms with Gasteiger partial charge in [0.2, 0.25) is 11.5 Å². The molecule has 0 aromatic carbocycles. The van der Waals surface area contributed by atoms with Gasteiger partial charge in [0, 0.05) is 50.9 Å². The molecule has 0 spiro atoms. The summed E-state index contributed by atoms with van der Waals surface area (Å²) in [5.74, 6) is 0.675. The lowest BCUT2D eigenvalue weighted by Crippen LogP contribution is -2.48. The van der Waals surface area contributed by atoms with Gasteiger partial charge in [-0.15, -0.1) is 0 Å². The van der Waals surface area contributed by atoms with Crippen LogP contribution in [0.4, 0.5) is 0 Å². The Kier molecular flexibility index (Phi) is 3.38. The maximum absolute atomic E-state index is 11.9. The summed E-state index contributed by atoms with van der Waals surface area (Å²) >= 11 is 0. The minimum atomic E-state index is -0.0661. The normalized spacial score (nSPS) is 20.5. The number of piperazine rings is 1. The zero-order valence-electron chi connectivity index (χ0n) is 11.0.